The van der Waals surface area contributed by atoms with Crippen LogP contribution in [-0.4, -0.2) is 17.1 Å². The zero-order valence-corrected chi connectivity index (χ0v) is 19.4. The average molecular weight is 536 g/mol. The molecule has 0 spiro atoms. The predicted octanol–water partition coefficient (Wildman–Crippen LogP) is 7.96. The third kappa shape index (κ3) is 6.56. The van der Waals surface area contributed by atoms with Crippen LogP contribution < -0.4 is 0 Å². The van der Waals surface area contributed by atoms with Crippen molar-refractivity contribution in [1.29, 1.82) is 0 Å². The van der Waals surface area contributed by atoms with Crippen LogP contribution in [0.2, 0.25) is 15.1 Å². The van der Waals surface area contributed by atoms with Gasteiger partial charge in [-0.15, -0.1) is 0 Å². The Morgan fingerprint density at radius 3 is 2.00 bits per heavy atom. The van der Waals surface area contributed by atoms with Crippen LogP contribution in [0.4, 0.5) is 26.3 Å². The monoisotopic (exact) mass is 534 g/mol. The molecule has 0 radical (unpaired) electrons. The lowest BCUT2D eigenvalue weighted by Gasteiger charge is -2.31. The molecule has 0 saturated heterocycles. The summed E-state index contributed by atoms with van der Waals surface area (Å²) in [5.41, 5.74) is -5.34. The largest absolute Gasteiger partial charge is 0.421 e. The Bertz CT molecular complexity index is 997. The van der Waals surface area contributed by atoms with Crippen molar-refractivity contribution in [3.8, 4) is 0 Å². The van der Waals surface area contributed by atoms with Crippen LogP contribution in [0.15, 0.2) is 30.3 Å². The number of alkyl halides is 6. The number of halogens is 9. The first-order chi connectivity index (χ1) is 15.1. The van der Waals surface area contributed by atoms with Crippen LogP contribution in [0, 0.1) is 0 Å². The topological polar surface area (TPSA) is 37.3 Å². The summed E-state index contributed by atoms with van der Waals surface area (Å²) in [6.07, 6.45) is -11.5. The minimum atomic E-state index is -5.18. The molecule has 2 nitrogen and oxygen atoms in total. The van der Waals surface area contributed by atoms with Gasteiger partial charge in [-0.25, -0.2) is 0 Å². The minimum Gasteiger partial charge on any atom is -0.376 e. The second-order valence-corrected chi connectivity index (χ2v) is 8.69. The number of aryl methyl sites for hydroxylation is 2. The Morgan fingerprint density at radius 2 is 1.52 bits per heavy atom. The fourth-order valence-electron chi connectivity index (χ4n) is 3.28. The van der Waals surface area contributed by atoms with Gasteiger partial charge in [0.15, 0.2) is 5.60 Å². The molecule has 1 atom stereocenters. The van der Waals surface area contributed by atoms with Crippen LogP contribution in [0.3, 0.4) is 0 Å². The maximum Gasteiger partial charge on any atom is 0.421 e. The minimum absolute atomic E-state index is 0.0678. The van der Waals surface area contributed by atoms with Crippen LogP contribution in [0.1, 0.15) is 48.4 Å². The third-order valence-electron chi connectivity index (χ3n) is 5.25. The van der Waals surface area contributed by atoms with Crippen molar-refractivity contribution in [2.75, 3.05) is 0 Å². The summed E-state index contributed by atoms with van der Waals surface area (Å²) in [5, 5.41) is 9.71. The third-order valence-corrected chi connectivity index (χ3v) is 6.45. The molecule has 2 rings (SSSR count). The van der Waals surface area contributed by atoms with E-state index in [-0.39, 0.29) is 51.2 Å². The van der Waals surface area contributed by atoms with Crippen molar-refractivity contribution in [2.24, 2.45) is 0 Å². The molecule has 2 aromatic rings. The maximum absolute atomic E-state index is 13.8. The van der Waals surface area contributed by atoms with E-state index in [0.717, 1.165) is 24.3 Å². The van der Waals surface area contributed by atoms with Gasteiger partial charge in [-0.2, -0.15) is 26.3 Å². The number of hydrogen-bond donors (Lipinski definition) is 1. The van der Waals surface area contributed by atoms with Gasteiger partial charge < -0.3 is 5.11 Å². The van der Waals surface area contributed by atoms with Gasteiger partial charge in [0, 0.05) is 12.8 Å². The molecule has 1 N–H and O–H groups in total. The molecule has 11 heteroatoms. The van der Waals surface area contributed by atoms with Crippen molar-refractivity contribution in [3.63, 3.8) is 0 Å². The van der Waals surface area contributed by atoms with E-state index in [4.69, 9.17) is 34.8 Å². The van der Waals surface area contributed by atoms with E-state index in [1.165, 1.54) is 6.07 Å². The molecule has 182 valence electrons. The normalized spacial score (nSPS) is 14.3. The Hall–Kier alpha value is -1.48. The van der Waals surface area contributed by atoms with Gasteiger partial charge in [0.1, 0.15) is 5.78 Å². The summed E-state index contributed by atoms with van der Waals surface area (Å²) in [5.74, 6) is -0.206. The number of carbonyl (C=O) groups excluding carboxylic acids is 1. The van der Waals surface area contributed by atoms with E-state index in [1.54, 1.807) is 6.92 Å². The standard InChI is InChI=1S/C22H19Cl3F6O2/c1-2-15(32)6-5-13-4-3-12(9-16(13)21(26,27)28)7-8-20(33,22(29,30)31)14-10-17(23)19(25)18(24)11-14/h3-4,9-11,33H,2,5-8H2,1H3. The number of aliphatic hydroxyl groups is 1. The van der Waals surface area contributed by atoms with Crippen LogP contribution in [0.5, 0.6) is 0 Å². The van der Waals surface area contributed by atoms with Crippen molar-refractivity contribution in [1.82, 2.24) is 0 Å². The molecular formula is C22H19Cl3F6O2. The van der Waals surface area contributed by atoms with Crippen molar-refractivity contribution in [2.45, 2.75) is 57.0 Å². The molecule has 0 saturated carbocycles. The van der Waals surface area contributed by atoms with E-state index in [1.807, 2.05) is 0 Å². The summed E-state index contributed by atoms with van der Waals surface area (Å²) in [6, 6.07) is 4.77. The Balaban J connectivity index is 2.39. The summed E-state index contributed by atoms with van der Waals surface area (Å²) >= 11 is 17.4. The zero-order valence-electron chi connectivity index (χ0n) is 17.2. The fraction of sp³-hybridized carbons (Fsp3) is 0.409. The first-order valence-corrected chi connectivity index (χ1v) is 10.9. The average Bonchev–Trinajstić information content (AvgIpc) is 2.72. The van der Waals surface area contributed by atoms with Gasteiger partial charge >= 0.3 is 12.4 Å². The summed E-state index contributed by atoms with van der Waals surface area (Å²) in [7, 11) is 0. The summed E-state index contributed by atoms with van der Waals surface area (Å²) < 4.78 is 82.1. The number of Topliss-reactive ketones (excluding diaryl/α,β-unsaturated/α-hetero) is 1. The van der Waals surface area contributed by atoms with E-state index in [0.29, 0.717) is 0 Å². The molecule has 0 amide bonds. The number of ketones is 1. The summed E-state index contributed by atoms with van der Waals surface area (Å²) in [4.78, 5) is 11.5. The maximum atomic E-state index is 13.8. The molecule has 0 heterocycles. The van der Waals surface area contributed by atoms with E-state index in [2.05, 4.69) is 0 Å². The molecule has 0 fully saturated rings. The SMILES string of the molecule is CCC(=O)CCc1ccc(CCC(O)(c2cc(Cl)c(Cl)c(Cl)c2)C(F)(F)F)cc1C(F)(F)F. The fourth-order valence-corrected chi connectivity index (χ4v) is 3.88. The summed E-state index contributed by atoms with van der Waals surface area (Å²) in [6.45, 7) is 1.60. The highest BCUT2D eigenvalue weighted by Gasteiger charge is 2.54. The second-order valence-electron chi connectivity index (χ2n) is 7.49. The van der Waals surface area contributed by atoms with Crippen LogP contribution in [-0.2, 0) is 29.4 Å². The van der Waals surface area contributed by atoms with Crippen molar-refractivity contribution in [3.05, 3.63) is 67.7 Å². The highest BCUT2D eigenvalue weighted by atomic mass is 35.5. The van der Waals surface area contributed by atoms with Gasteiger partial charge in [0.2, 0.25) is 0 Å². The molecule has 0 aliphatic heterocycles. The lowest BCUT2D eigenvalue weighted by atomic mass is 9.86. The van der Waals surface area contributed by atoms with E-state index < -0.39 is 41.9 Å². The molecular weight excluding hydrogens is 517 g/mol. The van der Waals surface area contributed by atoms with Crippen molar-refractivity contribution < 1.29 is 36.2 Å². The second kappa shape index (κ2) is 10.4. The Labute approximate surface area is 201 Å². The van der Waals surface area contributed by atoms with Crippen LogP contribution >= 0.6 is 34.8 Å². The van der Waals surface area contributed by atoms with E-state index >= 15 is 0 Å². The lowest BCUT2D eigenvalue weighted by Crippen LogP contribution is -2.42. The highest BCUT2D eigenvalue weighted by molar-refractivity contribution is 6.48. The number of hydrogen-bond acceptors (Lipinski definition) is 2. The Kier molecular flexibility index (Phi) is 8.77. The van der Waals surface area contributed by atoms with Gasteiger partial charge in [0.25, 0.3) is 0 Å². The first kappa shape index (κ1) is 27.8. The predicted molar refractivity (Wildman–Crippen MR) is 115 cm³/mol. The molecule has 0 aliphatic carbocycles. The lowest BCUT2D eigenvalue weighted by molar-refractivity contribution is -0.269. The zero-order chi connectivity index (χ0) is 25.2. The first-order valence-electron chi connectivity index (χ1n) is 9.75. The molecule has 0 aromatic heterocycles. The van der Waals surface area contributed by atoms with Gasteiger partial charge in [-0.1, -0.05) is 53.9 Å². The number of rotatable bonds is 8. The van der Waals surface area contributed by atoms with Crippen LogP contribution in [0.25, 0.3) is 0 Å². The number of carbonyl (C=O) groups is 1. The smallest absolute Gasteiger partial charge is 0.376 e. The van der Waals surface area contributed by atoms with Gasteiger partial charge in [0.05, 0.1) is 20.6 Å². The Morgan fingerprint density at radius 1 is 0.939 bits per heavy atom. The molecule has 0 bridgehead atoms. The number of benzene rings is 2. The molecule has 0 aliphatic rings. The molecule has 33 heavy (non-hydrogen) atoms. The van der Waals surface area contributed by atoms with Crippen molar-refractivity contribution >= 4 is 40.6 Å². The van der Waals surface area contributed by atoms with Gasteiger partial charge in [-0.05, 0) is 54.2 Å². The highest BCUT2D eigenvalue weighted by Crippen LogP contribution is 2.45. The van der Waals surface area contributed by atoms with Gasteiger partial charge in [-0.3, -0.25) is 4.79 Å². The van der Waals surface area contributed by atoms with E-state index in [9.17, 15) is 36.2 Å². The molecule has 2 aromatic carbocycles. The molecule has 1 unspecified atom stereocenters. The quantitative estimate of drug-likeness (QED) is 0.275.